The number of hydrogen-bond acceptors (Lipinski definition) is 4. The van der Waals surface area contributed by atoms with Crippen molar-refractivity contribution in [3.05, 3.63) is 23.9 Å². The van der Waals surface area contributed by atoms with Gasteiger partial charge in [-0.2, -0.15) is 0 Å². The predicted octanol–water partition coefficient (Wildman–Crippen LogP) is -0.738. The van der Waals surface area contributed by atoms with E-state index in [4.69, 9.17) is 0 Å². The van der Waals surface area contributed by atoms with Gasteiger partial charge in [-0.15, -0.1) is 0 Å². The van der Waals surface area contributed by atoms with Gasteiger partial charge in [0.2, 0.25) is 5.91 Å². The standard InChI is InChI=1S/C14H22N4O2/c19-13(11-1-5-15-6-2-11)17-9-10-18-14(20)12-3-7-16-8-4-12/h1-2,5,12,15-16H,3-4,6-10H2,(H,17,19)(H,18,20). The molecule has 4 N–H and O–H groups in total. The predicted molar refractivity (Wildman–Crippen MR) is 76.8 cm³/mol. The van der Waals surface area contributed by atoms with Crippen LogP contribution in [0.2, 0.25) is 0 Å². The molecule has 0 aliphatic carbocycles. The summed E-state index contributed by atoms with van der Waals surface area (Å²) in [7, 11) is 0. The van der Waals surface area contributed by atoms with E-state index < -0.39 is 0 Å². The molecule has 2 aliphatic rings. The highest BCUT2D eigenvalue weighted by atomic mass is 16.2. The van der Waals surface area contributed by atoms with Gasteiger partial charge in [0, 0.05) is 31.1 Å². The smallest absolute Gasteiger partial charge is 0.251 e. The molecule has 1 saturated heterocycles. The summed E-state index contributed by atoms with van der Waals surface area (Å²) in [6.45, 7) is 3.41. The third kappa shape index (κ3) is 4.38. The lowest BCUT2D eigenvalue weighted by atomic mass is 9.97. The van der Waals surface area contributed by atoms with Crippen molar-refractivity contribution >= 4 is 11.8 Å². The fourth-order valence-corrected chi connectivity index (χ4v) is 2.31. The molecule has 110 valence electrons. The topological polar surface area (TPSA) is 82.3 Å². The van der Waals surface area contributed by atoms with E-state index in [9.17, 15) is 9.59 Å². The van der Waals surface area contributed by atoms with Gasteiger partial charge in [-0.05, 0) is 38.2 Å². The molecule has 0 aromatic carbocycles. The van der Waals surface area contributed by atoms with E-state index >= 15 is 0 Å². The monoisotopic (exact) mass is 278 g/mol. The molecule has 0 saturated carbocycles. The number of dihydropyridines is 1. The van der Waals surface area contributed by atoms with Crippen LogP contribution in [0.1, 0.15) is 12.8 Å². The van der Waals surface area contributed by atoms with Crippen molar-refractivity contribution in [1.82, 2.24) is 21.3 Å². The molecule has 0 bridgehead atoms. The lowest BCUT2D eigenvalue weighted by Crippen LogP contribution is -2.41. The van der Waals surface area contributed by atoms with E-state index in [0.29, 0.717) is 25.2 Å². The average molecular weight is 278 g/mol. The molecule has 0 radical (unpaired) electrons. The van der Waals surface area contributed by atoms with Crippen LogP contribution >= 0.6 is 0 Å². The van der Waals surface area contributed by atoms with Gasteiger partial charge in [-0.1, -0.05) is 6.08 Å². The first kappa shape index (κ1) is 14.6. The van der Waals surface area contributed by atoms with Gasteiger partial charge in [0.05, 0.1) is 0 Å². The number of rotatable bonds is 5. The summed E-state index contributed by atoms with van der Waals surface area (Å²) in [4.78, 5) is 23.6. The maximum Gasteiger partial charge on any atom is 0.251 e. The Morgan fingerprint density at radius 2 is 1.95 bits per heavy atom. The van der Waals surface area contributed by atoms with Crippen molar-refractivity contribution in [3.63, 3.8) is 0 Å². The number of hydrogen-bond donors (Lipinski definition) is 4. The SMILES string of the molecule is O=C(NCCNC(=O)C1CCNCC1)C1=CCNC=C1. The molecule has 2 aliphatic heterocycles. The highest BCUT2D eigenvalue weighted by molar-refractivity contribution is 5.96. The first-order chi connectivity index (χ1) is 9.77. The molecule has 0 aromatic rings. The molecule has 2 rings (SSSR count). The number of nitrogens with one attached hydrogen (secondary N) is 4. The maximum absolute atomic E-state index is 11.9. The van der Waals surface area contributed by atoms with Crippen molar-refractivity contribution in [2.75, 3.05) is 32.7 Å². The Bertz CT molecular complexity index is 411. The molecule has 0 aromatic heterocycles. The van der Waals surface area contributed by atoms with E-state index in [-0.39, 0.29) is 17.7 Å². The van der Waals surface area contributed by atoms with Crippen LogP contribution in [0, 0.1) is 5.92 Å². The quantitative estimate of drug-likeness (QED) is 0.499. The molecule has 2 amide bonds. The van der Waals surface area contributed by atoms with Crippen molar-refractivity contribution < 1.29 is 9.59 Å². The number of amides is 2. The minimum absolute atomic E-state index is 0.0983. The summed E-state index contributed by atoms with van der Waals surface area (Å²) >= 11 is 0. The third-order valence-corrected chi connectivity index (χ3v) is 3.50. The Morgan fingerprint density at radius 3 is 2.65 bits per heavy atom. The summed E-state index contributed by atoms with van der Waals surface area (Å²) in [6.07, 6.45) is 7.12. The van der Waals surface area contributed by atoms with Gasteiger partial charge in [0.25, 0.3) is 5.91 Å². The van der Waals surface area contributed by atoms with E-state index in [0.717, 1.165) is 25.9 Å². The van der Waals surface area contributed by atoms with Gasteiger partial charge in [0.1, 0.15) is 0 Å². The number of carbonyl (C=O) groups excluding carboxylic acids is 2. The largest absolute Gasteiger partial charge is 0.387 e. The first-order valence-electron chi connectivity index (χ1n) is 7.14. The minimum Gasteiger partial charge on any atom is -0.387 e. The summed E-state index contributed by atoms with van der Waals surface area (Å²) in [6, 6.07) is 0. The average Bonchev–Trinajstić information content (AvgIpc) is 2.53. The second kappa shape index (κ2) is 7.69. The normalized spacial score (nSPS) is 18.9. The number of piperidine rings is 1. The van der Waals surface area contributed by atoms with Gasteiger partial charge < -0.3 is 21.3 Å². The molecule has 6 heteroatoms. The first-order valence-corrected chi connectivity index (χ1v) is 7.14. The zero-order valence-corrected chi connectivity index (χ0v) is 11.6. The second-order valence-corrected chi connectivity index (χ2v) is 4.97. The van der Waals surface area contributed by atoms with E-state index in [1.807, 2.05) is 6.08 Å². The number of carbonyl (C=O) groups is 2. The van der Waals surface area contributed by atoms with Crippen LogP contribution in [-0.2, 0) is 9.59 Å². The van der Waals surface area contributed by atoms with Crippen molar-refractivity contribution in [1.29, 1.82) is 0 Å². The van der Waals surface area contributed by atoms with E-state index in [1.54, 1.807) is 12.3 Å². The fraction of sp³-hybridized carbons (Fsp3) is 0.571. The van der Waals surface area contributed by atoms with Crippen molar-refractivity contribution in [2.45, 2.75) is 12.8 Å². The molecule has 6 nitrogen and oxygen atoms in total. The van der Waals surface area contributed by atoms with Crippen molar-refractivity contribution in [2.24, 2.45) is 5.92 Å². The Hall–Kier alpha value is -1.82. The van der Waals surface area contributed by atoms with Gasteiger partial charge in [-0.3, -0.25) is 9.59 Å². The molecule has 1 fully saturated rings. The van der Waals surface area contributed by atoms with Crippen LogP contribution in [0.4, 0.5) is 0 Å². The highest BCUT2D eigenvalue weighted by Crippen LogP contribution is 2.10. The van der Waals surface area contributed by atoms with E-state index in [2.05, 4.69) is 21.3 Å². The molecule has 0 spiro atoms. The fourth-order valence-electron chi connectivity index (χ4n) is 2.31. The zero-order valence-electron chi connectivity index (χ0n) is 11.6. The lowest BCUT2D eigenvalue weighted by molar-refractivity contribution is -0.126. The van der Waals surface area contributed by atoms with Crippen LogP contribution in [0.25, 0.3) is 0 Å². The van der Waals surface area contributed by atoms with Gasteiger partial charge >= 0.3 is 0 Å². The molecule has 20 heavy (non-hydrogen) atoms. The summed E-state index contributed by atoms with van der Waals surface area (Å²) in [5.41, 5.74) is 0.661. The Labute approximate surface area is 119 Å². The molecule has 0 unspecified atom stereocenters. The molecular weight excluding hydrogens is 256 g/mol. The van der Waals surface area contributed by atoms with Crippen LogP contribution in [-0.4, -0.2) is 44.5 Å². The minimum atomic E-state index is -0.0983. The summed E-state index contributed by atoms with van der Waals surface area (Å²) in [5.74, 6) is 0.114. The molecule has 0 atom stereocenters. The highest BCUT2D eigenvalue weighted by Gasteiger charge is 2.20. The molecule has 2 heterocycles. The van der Waals surface area contributed by atoms with Crippen LogP contribution < -0.4 is 21.3 Å². The van der Waals surface area contributed by atoms with Gasteiger partial charge in [0.15, 0.2) is 0 Å². The zero-order chi connectivity index (χ0) is 14.2. The maximum atomic E-state index is 11.9. The van der Waals surface area contributed by atoms with Crippen LogP contribution in [0.15, 0.2) is 23.9 Å². The Kier molecular flexibility index (Phi) is 5.61. The van der Waals surface area contributed by atoms with E-state index in [1.165, 1.54) is 0 Å². The Balaban J connectivity index is 1.61. The molecular formula is C14H22N4O2. The van der Waals surface area contributed by atoms with Gasteiger partial charge in [-0.25, -0.2) is 0 Å². The lowest BCUT2D eigenvalue weighted by Gasteiger charge is -2.21. The van der Waals surface area contributed by atoms with Crippen LogP contribution in [0.3, 0.4) is 0 Å². The third-order valence-electron chi connectivity index (χ3n) is 3.50. The summed E-state index contributed by atoms with van der Waals surface area (Å²) in [5, 5.41) is 11.9. The second-order valence-electron chi connectivity index (χ2n) is 4.97. The summed E-state index contributed by atoms with van der Waals surface area (Å²) < 4.78 is 0. The Morgan fingerprint density at radius 1 is 1.20 bits per heavy atom. The van der Waals surface area contributed by atoms with Crippen molar-refractivity contribution in [3.8, 4) is 0 Å². The van der Waals surface area contributed by atoms with Crippen LogP contribution in [0.5, 0.6) is 0 Å².